The van der Waals surface area contributed by atoms with Gasteiger partial charge in [0.2, 0.25) is 0 Å². The maximum absolute atomic E-state index is 12.4. The Morgan fingerprint density at radius 3 is 2.79 bits per heavy atom. The first kappa shape index (κ1) is 19.6. The molecule has 150 valence electrons. The molecule has 2 heterocycles. The summed E-state index contributed by atoms with van der Waals surface area (Å²) in [4.78, 5) is 20.6. The summed E-state index contributed by atoms with van der Waals surface area (Å²) >= 11 is 1.57. The number of likely N-dealkylation sites (N-methyl/N-ethyl adjacent to an activating group) is 1. The van der Waals surface area contributed by atoms with Gasteiger partial charge in [0.25, 0.3) is 5.91 Å². The largest absolute Gasteiger partial charge is 0.483 e. The lowest BCUT2D eigenvalue weighted by atomic mass is 10.0. The molecule has 0 fully saturated rings. The predicted molar refractivity (Wildman–Crippen MR) is 117 cm³/mol. The summed E-state index contributed by atoms with van der Waals surface area (Å²) in [6.07, 6.45) is 1.71. The highest BCUT2D eigenvalue weighted by Crippen LogP contribution is 2.28. The number of hydrogen-bond donors (Lipinski definition) is 1. The number of nitrogens with one attached hydrogen (secondary N) is 1. The number of para-hydroxylation sites is 1. The Balaban J connectivity index is 1.35. The molecule has 1 N–H and O–H groups in total. The minimum absolute atomic E-state index is 0.0306. The van der Waals surface area contributed by atoms with E-state index in [0.29, 0.717) is 5.13 Å². The molecule has 5 nitrogen and oxygen atoms in total. The highest BCUT2D eigenvalue weighted by Gasteiger charge is 2.20. The number of rotatable bonds is 7. The second-order valence-electron chi connectivity index (χ2n) is 7.11. The van der Waals surface area contributed by atoms with Crippen molar-refractivity contribution in [2.45, 2.75) is 26.3 Å². The first-order chi connectivity index (χ1) is 14.2. The van der Waals surface area contributed by atoms with E-state index in [1.807, 2.05) is 42.5 Å². The Morgan fingerprint density at radius 1 is 1.17 bits per heavy atom. The fraction of sp³-hybridized carbons (Fsp3) is 0.304. The smallest absolute Gasteiger partial charge is 0.264 e. The number of benzene rings is 2. The Labute approximate surface area is 175 Å². The molecule has 1 aliphatic rings. The van der Waals surface area contributed by atoms with Crippen LogP contribution in [0.4, 0.5) is 5.13 Å². The van der Waals surface area contributed by atoms with Gasteiger partial charge in [0.15, 0.2) is 11.7 Å². The highest BCUT2D eigenvalue weighted by atomic mass is 32.1. The summed E-state index contributed by atoms with van der Waals surface area (Å²) in [5.74, 6) is 0.557. The Bertz CT molecular complexity index is 971. The molecule has 3 aromatic rings. The van der Waals surface area contributed by atoms with Gasteiger partial charge in [-0.15, -0.1) is 11.3 Å². The molecule has 6 heteroatoms. The Kier molecular flexibility index (Phi) is 6.22. The third kappa shape index (κ3) is 5.02. The van der Waals surface area contributed by atoms with Crippen LogP contribution in [-0.4, -0.2) is 35.5 Å². The van der Waals surface area contributed by atoms with Crippen LogP contribution in [0.1, 0.15) is 28.6 Å². The molecule has 1 aliphatic heterocycles. The van der Waals surface area contributed by atoms with Crippen LogP contribution >= 0.6 is 11.3 Å². The summed E-state index contributed by atoms with van der Waals surface area (Å²) in [7, 11) is 0. The van der Waals surface area contributed by atoms with Crippen LogP contribution in [0, 0.1) is 0 Å². The Morgan fingerprint density at radius 2 is 1.97 bits per heavy atom. The van der Waals surface area contributed by atoms with Crippen LogP contribution in [0.5, 0.6) is 5.75 Å². The van der Waals surface area contributed by atoms with Crippen molar-refractivity contribution < 1.29 is 9.53 Å². The van der Waals surface area contributed by atoms with Crippen molar-refractivity contribution in [3.8, 4) is 5.75 Å². The van der Waals surface area contributed by atoms with E-state index in [1.54, 1.807) is 11.3 Å². The second-order valence-corrected chi connectivity index (χ2v) is 8.20. The number of nitrogens with zero attached hydrogens (tertiary/aromatic N) is 2. The molecule has 1 amide bonds. The minimum Gasteiger partial charge on any atom is -0.483 e. The molecule has 0 atom stereocenters. The minimum atomic E-state index is -0.182. The topological polar surface area (TPSA) is 54.5 Å². The average molecular weight is 408 g/mol. The number of ether oxygens (including phenoxy) is 1. The molecule has 0 saturated carbocycles. The van der Waals surface area contributed by atoms with Crippen molar-refractivity contribution in [2.75, 3.05) is 25.0 Å². The summed E-state index contributed by atoms with van der Waals surface area (Å²) in [5.41, 5.74) is 3.39. The van der Waals surface area contributed by atoms with Crippen molar-refractivity contribution in [3.63, 3.8) is 0 Å². The normalized spacial score (nSPS) is 13.7. The number of hydrogen-bond acceptors (Lipinski definition) is 5. The van der Waals surface area contributed by atoms with Crippen LogP contribution in [-0.2, 0) is 24.2 Å². The first-order valence-corrected chi connectivity index (χ1v) is 10.8. The molecule has 0 radical (unpaired) electrons. The van der Waals surface area contributed by atoms with Gasteiger partial charge in [0.1, 0.15) is 5.75 Å². The van der Waals surface area contributed by atoms with Crippen molar-refractivity contribution in [1.82, 2.24) is 9.88 Å². The zero-order chi connectivity index (χ0) is 20.1. The monoisotopic (exact) mass is 407 g/mol. The van der Waals surface area contributed by atoms with Crippen molar-refractivity contribution in [3.05, 3.63) is 76.3 Å². The molecular formula is C23H25N3O2S. The van der Waals surface area contributed by atoms with Gasteiger partial charge in [-0.2, -0.15) is 0 Å². The van der Waals surface area contributed by atoms with E-state index < -0.39 is 0 Å². The second kappa shape index (κ2) is 9.20. The lowest BCUT2D eigenvalue weighted by Gasteiger charge is -2.23. The van der Waals surface area contributed by atoms with E-state index in [4.69, 9.17) is 4.74 Å². The summed E-state index contributed by atoms with van der Waals surface area (Å²) in [6, 6.07) is 18.1. The number of carbonyl (C=O) groups is 1. The quantitative estimate of drug-likeness (QED) is 0.640. The van der Waals surface area contributed by atoms with Crippen LogP contribution < -0.4 is 10.1 Å². The number of amides is 1. The molecule has 0 bridgehead atoms. The lowest BCUT2D eigenvalue weighted by molar-refractivity contribution is -0.118. The van der Waals surface area contributed by atoms with Gasteiger partial charge in [-0.1, -0.05) is 55.5 Å². The predicted octanol–water partition coefficient (Wildman–Crippen LogP) is 4.13. The van der Waals surface area contributed by atoms with Gasteiger partial charge >= 0.3 is 0 Å². The van der Waals surface area contributed by atoms with Gasteiger partial charge in [-0.3, -0.25) is 15.0 Å². The maximum Gasteiger partial charge on any atom is 0.264 e. The first-order valence-electron chi connectivity index (χ1n) is 9.96. The molecule has 0 saturated heterocycles. The summed E-state index contributed by atoms with van der Waals surface area (Å²) in [5, 5.41) is 3.56. The molecule has 0 aliphatic carbocycles. The van der Waals surface area contributed by atoms with Crippen LogP contribution in [0.2, 0.25) is 0 Å². The summed E-state index contributed by atoms with van der Waals surface area (Å²) < 4.78 is 5.84. The average Bonchev–Trinajstić information content (AvgIpc) is 3.15. The maximum atomic E-state index is 12.4. The van der Waals surface area contributed by atoms with Gasteiger partial charge in [-0.25, -0.2) is 4.98 Å². The van der Waals surface area contributed by atoms with Crippen molar-refractivity contribution >= 4 is 22.4 Å². The summed E-state index contributed by atoms with van der Waals surface area (Å²) in [6.45, 7) is 5.12. The Hall–Kier alpha value is -2.70. The van der Waals surface area contributed by atoms with Crippen LogP contribution in [0.3, 0.4) is 0 Å². The lowest BCUT2D eigenvalue weighted by Crippen LogP contribution is -2.29. The van der Waals surface area contributed by atoms with Crippen molar-refractivity contribution in [2.24, 2.45) is 0 Å². The van der Waals surface area contributed by atoms with Gasteiger partial charge in [-0.05, 0) is 23.7 Å². The van der Waals surface area contributed by atoms with Crippen molar-refractivity contribution in [1.29, 1.82) is 0 Å². The number of aromatic nitrogens is 1. The zero-order valence-electron chi connectivity index (χ0n) is 16.6. The number of thiazole rings is 1. The number of carbonyl (C=O) groups excluding carboxylic acids is 1. The molecule has 2 aromatic carbocycles. The van der Waals surface area contributed by atoms with E-state index in [1.165, 1.54) is 10.4 Å². The zero-order valence-corrected chi connectivity index (χ0v) is 17.4. The number of anilines is 1. The molecule has 29 heavy (non-hydrogen) atoms. The standard InChI is InChI=1S/C23H25N3O2S/c1-2-26-13-12-19-21(15-26)29-23(24-19)25-22(27)16-28-20-11-7-6-10-18(20)14-17-8-4-3-5-9-17/h3-11H,2,12-16H2,1H3,(H,24,25,27). The van der Waals surface area contributed by atoms with Gasteiger partial charge in [0.05, 0.1) is 5.69 Å². The molecule has 4 rings (SSSR count). The molecular weight excluding hydrogens is 382 g/mol. The molecule has 1 aromatic heterocycles. The SMILES string of the molecule is CCN1CCc2nc(NC(=O)COc3ccccc3Cc3ccccc3)sc2C1. The van der Waals surface area contributed by atoms with Crippen LogP contribution in [0.15, 0.2) is 54.6 Å². The van der Waals surface area contributed by atoms with Crippen LogP contribution in [0.25, 0.3) is 0 Å². The van der Waals surface area contributed by atoms with E-state index in [2.05, 4.69) is 34.3 Å². The third-order valence-electron chi connectivity index (χ3n) is 5.07. The molecule has 0 spiro atoms. The fourth-order valence-corrected chi connectivity index (χ4v) is 4.54. The van der Waals surface area contributed by atoms with Gasteiger partial charge in [0, 0.05) is 30.8 Å². The van der Waals surface area contributed by atoms with E-state index in [-0.39, 0.29) is 12.5 Å². The highest BCUT2D eigenvalue weighted by molar-refractivity contribution is 7.15. The van der Waals surface area contributed by atoms with Gasteiger partial charge < -0.3 is 4.74 Å². The third-order valence-corrected chi connectivity index (χ3v) is 6.07. The molecule has 0 unspecified atom stereocenters. The number of fused-ring (bicyclic) bond motifs is 1. The van der Waals surface area contributed by atoms with E-state index in [0.717, 1.165) is 49.5 Å². The van der Waals surface area contributed by atoms with E-state index >= 15 is 0 Å². The van der Waals surface area contributed by atoms with E-state index in [9.17, 15) is 4.79 Å². The fourth-order valence-electron chi connectivity index (χ4n) is 3.48.